The van der Waals surface area contributed by atoms with Crippen molar-refractivity contribution in [2.75, 3.05) is 0 Å². The van der Waals surface area contributed by atoms with Crippen LogP contribution in [0.3, 0.4) is 0 Å². The molecule has 0 saturated carbocycles. The summed E-state index contributed by atoms with van der Waals surface area (Å²) in [6.45, 7) is 7.93. The molecule has 0 aliphatic rings. The van der Waals surface area contributed by atoms with Crippen LogP contribution in [0.25, 0.3) is 0 Å². The van der Waals surface area contributed by atoms with Gasteiger partial charge in [-0.2, -0.15) is 0 Å². The van der Waals surface area contributed by atoms with Crippen LogP contribution in [0.4, 0.5) is 0 Å². The molecule has 27 heavy (non-hydrogen) atoms. The Morgan fingerprint density at radius 2 is 1.22 bits per heavy atom. The van der Waals surface area contributed by atoms with Crippen molar-refractivity contribution in [1.29, 1.82) is 0 Å². The second kappa shape index (κ2) is 9.91. The minimum absolute atomic E-state index is 0.353. The molecule has 144 valence electrons. The fraction of sp³-hybridized carbons (Fsp3) is 0.391. The van der Waals surface area contributed by atoms with Crippen LogP contribution < -0.4 is 0 Å². The molecule has 0 spiro atoms. The van der Waals surface area contributed by atoms with Gasteiger partial charge in [0.2, 0.25) is 0 Å². The van der Waals surface area contributed by atoms with Gasteiger partial charge < -0.3 is 9.47 Å². The number of rotatable bonds is 8. The van der Waals surface area contributed by atoms with E-state index in [1.54, 1.807) is 50.2 Å². The van der Waals surface area contributed by atoms with Crippen molar-refractivity contribution >= 4 is 11.9 Å². The van der Waals surface area contributed by atoms with E-state index in [1.807, 2.05) is 18.2 Å². The zero-order chi connectivity index (χ0) is 19.8. The molecule has 2 rings (SSSR count). The van der Waals surface area contributed by atoms with E-state index in [2.05, 4.69) is 13.8 Å². The molecule has 0 bridgehead atoms. The van der Waals surface area contributed by atoms with E-state index in [1.165, 1.54) is 5.56 Å². The number of benzene rings is 2. The lowest BCUT2D eigenvalue weighted by Gasteiger charge is -2.18. The number of hydrogen-bond acceptors (Lipinski definition) is 4. The number of hydrogen-bond donors (Lipinski definition) is 0. The highest BCUT2D eigenvalue weighted by molar-refractivity contribution is 5.90. The van der Waals surface area contributed by atoms with Crippen molar-refractivity contribution in [3.05, 3.63) is 71.3 Å². The SMILES string of the molecule is CC(C)Cc1ccc(C(=O)OC(C)CC(C)OC(=O)c2ccccc2)cc1. The van der Waals surface area contributed by atoms with Crippen LogP contribution in [-0.2, 0) is 15.9 Å². The third-order valence-corrected chi connectivity index (χ3v) is 4.12. The fourth-order valence-electron chi connectivity index (χ4n) is 2.89. The molecule has 0 saturated heterocycles. The summed E-state index contributed by atoms with van der Waals surface area (Å²) in [5.74, 6) is -0.162. The van der Waals surface area contributed by atoms with Crippen LogP contribution in [0.15, 0.2) is 54.6 Å². The van der Waals surface area contributed by atoms with Gasteiger partial charge >= 0.3 is 11.9 Å². The van der Waals surface area contributed by atoms with Gasteiger partial charge in [0.15, 0.2) is 0 Å². The summed E-state index contributed by atoms with van der Waals surface area (Å²) < 4.78 is 10.9. The maximum absolute atomic E-state index is 12.3. The maximum Gasteiger partial charge on any atom is 0.338 e. The van der Waals surface area contributed by atoms with E-state index < -0.39 is 0 Å². The number of carbonyl (C=O) groups excluding carboxylic acids is 2. The highest BCUT2D eigenvalue weighted by atomic mass is 16.6. The van der Waals surface area contributed by atoms with Crippen LogP contribution in [0.1, 0.15) is 60.4 Å². The molecule has 0 N–H and O–H groups in total. The highest BCUT2D eigenvalue weighted by Gasteiger charge is 2.18. The monoisotopic (exact) mass is 368 g/mol. The summed E-state index contributed by atoms with van der Waals surface area (Å²) in [6, 6.07) is 16.4. The summed E-state index contributed by atoms with van der Waals surface area (Å²) in [7, 11) is 0. The Morgan fingerprint density at radius 3 is 1.70 bits per heavy atom. The average Bonchev–Trinajstić information content (AvgIpc) is 2.62. The molecule has 2 atom stereocenters. The summed E-state index contributed by atoms with van der Waals surface area (Å²) >= 11 is 0. The summed E-state index contributed by atoms with van der Waals surface area (Å²) in [5.41, 5.74) is 2.25. The zero-order valence-corrected chi connectivity index (χ0v) is 16.5. The third kappa shape index (κ3) is 6.89. The van der Waals surface area contributed by atoms with Gasteiger partial charge in [0.1, 0.15) is 12.2 Å². The lowest BCUT2D eigenvalue weighted by molar-refractivity contribution is 0.00764. The van der Waals surface area contributed by atoms with Crippen molar-refractivity contribution in [2.45, 2.75) is 52.7 Å². The predicted molar refractivity (Wildman–Crippen MR) is 106 cm³/mol. The summed E-state index contributed by atoms with van der Waals surface area (Å²) in [5, 5.41) is 0. The zero-order valence-electron chi connectivity index (χ0n) is 16.5. The van der Waals surface area contributed by atoms with Crippen LogP contribution >= 0.6 is 0 Å². The van der Waals surface area contributed by atoms with Crippen LogP contribution in [-0.4, -0.2) is 24.1 Å². The molecule has 2 aromatic rings. The van der Waals surface area contributed by atoms with Gasteiger partial charge in [0.05, 0.1) is 11.1 Å². The molecule has 2 unspecified atom stereocenters. The second-order valence-corrected chi connectivity index (χ2v) is 7.33. The molecule has 2 aromatic carbocycles. The highest BCUT2D eigenvalue weighted by Crippen LogP contribution is 2.14. The van der Waals surface area contributed by atoms with Crippen LogP contribution in [0.5, 0.6) is 0 Å². The Bertz CT molecular complexity index is 735. The van der Waals surface area contributed by atoms with Crippen molar-refractivity contribution in [2.24, 2.45) is 5.92 Å². The van der Waals surface area contributed by atoms with Gasteiger partial charge in [-0.25, -0.2) is 9.59 Å². The quantitative estimate of drug-likeness (QED) is 0.611. The van der Waals surface area contributed by atoms with E-state index in [-0.39, 0.29) is 24.1 Å². The molecular formula is C23H28O4. The van der Waals surface area contributed by atoms with Gasteiger partial charge in [-0.3, -0.25) is 0 Å². The number of esters is 2. The third-order valence-electron chi connectivity index (χ3n) is 4.12. The van der Waals surface area contributed by atoms with E-state index in [0.717, 1.165) is 6.42 Å². The van der Waals surface area contributed by atoms with Gasteiger partial charge in [-0.15, -0.1) is 0 Å². The number of ether oxygens (including phenoxy) is 2. The average molecular weight is 368 g/mol. The Balaban J connectivity index is 1.82. The normalized spacial score (nSPS) is 13.1. The Hall–Kier alpha value is -2.62. The smallest absolute Gasteiger partial charge is 0.338 e. The molecule has 0 heterocycles. The minimum atomic E-state index is -0.373. The lowest BCUT2D eigenvalue weighted by Crippen LogP contribution is -2.23. The van der Waals surface area contributed by atoms with E-state index >= 15 is 0 Å². The minimum Gasteiger partial charge on any atom is -0.459 e. The van der Waals surface area contributed by atoms with Crippen LogP contribution in [0.2, 0.25) is 0 Å². The van der Waals surface area contributed by atoms with E-state index in [0.29, 0.717) is 23.5 Å². The Kier molecular flexibility index (Phi) is 7.59. The van der Waals surface area contributed by atoms with Crippen LogP contribution in [0, 0.1) is 5.92 Å². The predicted octanol–water partition coefficient (Wildman–Crippen LogP) is 5.07. The van der Waals surface area contributed by atoms with Gasteiger partial charge in [-0.05, 0) is 56.0 Å². The van der Waals surface area contributed by atoms with E-state index in [9.17, 15) is 9.59 Å². The molecule has 4 heteroatoms. The Labute approximate surface area is 161 Å². The van der Waals surface area contributed by atoms with E-state index in [4.69, 9.17) is 9.47 Å². The molecule has 0 fully saturated rings. The fourth-order valence-corrected chi connectivity index (χ4v) is 2.89. The molecule has 0 radical (unpaired) electrons. The first kappa shape index (κ1) is 20.7. The Morgan fingerprint density at radius 1 is 0.741 bits per heavy atom. The van der Waals surface area contributed by atoms with Gasteiger partial charge in [-0.1, -0.05) is 44.2 Å². The van der Waals surface area contributed by atoms with Gasteiger partial charge in [0, 0.05) is 6.42 Å². The first-order valence-corrected chi connectivity index (χ1v) is 9.41. The summed E-state index contributed by atoms with van der Waals surface area (Å²) in [6.07, 6.45) is 0.714. The standard InChI is InChI=1S/C23H28O4/c1-16(2)14-19-10-12-21(13-11-19)23(25)27-18(4)15-17(3)26-22(24)20-8-6-5-7-9-20/h5-13,16-18H,14-15H2,1-4H3. The van der Waals surface area contributed by atoms with Gasteiger partial charge in [0.25, 0.3) is 0 Å². The van der Waals surface area contributed by atoms with Crippen molar-refractivity contribution < 1.29 is 19.1 Å². The molecule has 0 aromatic heterocycles. The second-order valence-electron chi connectivity index (χ2n) is 7.33. The first-order chi connectivity index (χ1) is 12.8. The molecule has 4 nitrogen and oxygen atoms in total. The van der Waals surface area contributed by atoms with Crippen molar-refractivity contribution in [3.8, 4) is 0 Å². The number of carbonyl (C=O) groups is 2. The molecule has 0 aliphatic carbocycles. The molecular weight excluding hydrogens is 340 g/mol. The molecule has 0 aliphatic heterocycles. The molecule has 0 amide bonds. The first-order valence-electron chi connectivity index (χ1n) is 9.41. The largest absolute Gasteiger partial charge is 0.459 e. The lowest BCUT2D eigenvalue weighted by atomic mass is 10.0. The topological polar surface area (TPSA) is 52.6 Å². The summed E-state index contributed by atoms with van der Waals surface area (Å²) in [4.78, 5) is 24.3. The van der Waals surface area contributed by atoms with Crippen molar-refractivity contribution in [3.63, 3.8) is 0 Å². The van der Waals surface area contributed by atoms with Crippen molar-refractivity contribution in [1.82, 2.24) is 0 Å². The maximum atomic E-state index is 12.3.